The van der Waals surface area contributed by atoms with Gasteiger partial charge in [0.25, 0.3) is 0 Å². The van der Waals surface area contributed by atoms with Gasteiger partial charge in [0.1, 0.15) is 0 Å². The van der Waals surface area contributed by atoms with Gasteiger partial charge in [-0.3, -0.25) is 0 Å². The van der Waals surface area contributed by atoms with E-state index in [-0.39, 0.29) is 0 Å². The van der Waals surface area contributed by atoms with Crippen LogP contribution in [0.3, 0.4) is 0 Å². The standard InChI is InChI=1S/C13H11BrN2S2/c1-8-3-2-4-11-12(8)16(13(17)15-11)6-10-5-9(14)7-18-10/h2-5,7H,6H2,1H3,(H,15,17). The fourth-order valence-electron chi connectivity index (χ4n) is 2.15. The average Bonchev–Trinajstić information content (AvgIpc) is 2.85. The van der Waals surface area contributed by atoms with Gasteiger partial charge in [-0.2, -0.15) is 0 Å². The van der Waals surface area contributed by atoms with E-state index < -0.39 is 0 Å². The first-order chi connectivity index (χ1) is 8.65. The third-order valence-corrected chi connectivity index (χ3v) is 4.93. The molecule has 0 spiro atoms. The molecule has 0 saturated carbocycles. The van der Waals surface area contributed by atoms with Crippen LogP contribution in [0.15, 0.2) is 34.1 Å². The highest BCUT2D eigenvalue weighted by molar-refractivity contribution is 9.10. The van der Waals surface area contributed by atoms with Gasteiger partial charge in [-0.15, -0.1) is 11.3 Å². The molecule has 3 aromatic rings. The number of aromatic nitrogens is 2. The number of aryl methyl sites for hydroxylation is 1. The van der Waals surface area contributed by atoms with E-state index in [1.54, 1.807) is 11.3 Å². The molecule has 0 bridgehead atoms. The quantitative estimate of drug-likeness (QED) is 0.660. The van der Waals surface area contributed by atoms with Gasteiger partial charge in [-0.25, -0.2) is 0 Å². The predicted octanol–water partition coefficient (Wildman–Crippen LogP) is 4.88. The highest BCUT2D eigenvalue weighted by atomic mass is 79.9. The lowest BCUT2D eigenvalue weighted by molar-refractivity contribution is 0.821. The molecule has 0 saturated heterocycles. The number of fused-ring (bicyclic) bond motifs is 1. The normalized spacial score (nSPS) is 11.2. The molecule has 0 amide bonds. The summed E-state index contributed by atoms with van der Waals surface area (Å²) in [4.78, 5) is 4.56. The first kappa shape index (κ1) is 12.1. The molecule has 0 radical (unpaired) electrons. The highest BCUT2D eigenvalue weighted by Crippen LogP contribution is 2.24. The molecule has 2 nitrogen and oxygen atoms in total. The van der Waals surface area contributed by atoms with Crippen molar-refractivity contribution in [3.63, 3.8) is 0 Å². The maximum atomic E-state index is 5.42. The zero-order chi connectivity index (χ0) is 12.7. The topological polar surface area (TPSA) is 20.7 Å². The van der Waals surface area contributed by atoms with Crippen LogP contribution in [0.5, 0.6) is 0 Å². The van der Waals surface area contributed by atoms with Gasteiger partial charge in [-0.1, -0.05) is 12.1 Å². The minimum atomic E-state index is 0.781. The summed E-state index contributed by atoms with van der Waals surface area (Å²) < 4.78 is 4.08. The van der Waals surface area contributed by atoms with Crippen LogP contribution in [0.25, 0.3) is 11.0 Å². The lowest BCUT2D eigenvalue weighted by atomic mass is 10.2. The largest absolute Gasteiger partial charge is 0.331 e. The van der Waals surface area contributed by atoms with E-state index in [0.717, 1.165) is 21.3 Å². The molecular weight excluding hydrogens is 328 g/mol. The summed E-state index contributed by atoms with van der Waals surface area (Å²) in [5.41, 5.74) is 3.55. The van der Waals surface area contributed by atoms with Gasteiger partial charge in [-0.05, 0) is 52.8 Å². The van der Waals surface area contributed by atoms with Gasteiger partial charge in [0.15, 0.2) is 4.77 Å². The Morgan fingerprint density at radius 1 is 1.44 bits per heavy atom. The molecule has 0 aliphatic carbocycles. The van der Waals surface area contributed by atoms with Gasteiger partial charge >= 0.3 is 0 Å². The summed E-state index contributed by atoms with van der Waals surface area (Å²) in [5.74, 6) is 0. The molecule has 92 valence electrons. The van der Waals surface area contributed by atoms with Crippen molar-refractivity contribution >= 4 is 50.5 Å². The van der Waals surface area contributed by atoms with Gasteiger partial charge in [0.05, 0.1) is 17.6 Å². The molecule has 0 aliphatic heterocycles. The van der Waals surface area contributed by atoms with Crippen molar-refractivity contribution in [3.8, 4) is 0 Å². The minimum absolute atomic E-state index is 0.781. The fourth-order valence-corrected chi connectivity index (χ4v) is 3.85. The second-order valence-corrected chi connectivity index (χ2v) is 6.52. The molecule has 2 aromatic heterocycles. The third-order valence-electron chi connectivity index (χ3n) is 2.93. The molecule has 0 unspecified atom stereocenters. The number of hydrogen-bond acceptors (Lipinski definition) is 2. The number of rotatable bonds is 2. The van der Waals surface area contributed by atoms with Crippen molar-refractivity contribution in [1.29, 1.82) is 0 Å². The van der Waals surface area contributed by atoms with E-state index in [9.17, 15) is 0 Å². The summed E-state index contributed by atoms with van der Waals surface area (Å²) in [6.07, 6.45) is 0. The number of para-hydroxylation sites is 1. The number of imidazole rings is 1. The summed E-state index contributed by atoms with van der Waals surface area (Å²) in [7, 11) is 0. The molecule has 2 heterocycles. The Kier molecular flexibility index (Phi) is 3.13. The molecule has 18 heavy (non-hydrogen) atoms. The number of thiophene rings is 1. The van der Waals surface area contributed by atoms with E-state index >= 15 is 0 Å². The van der Waals surface area contributed by atoms with Crippen molar-refractivity contribution in [3.05, 3.63) is 49.3 Å². The van der Waals surface area contributed by atoms with Crippen LogP contribution in [0.1, 0.15) is 10.4 Å². The van der Waals surface area contributed by atoms with Gasteiger partial charge < -0.3 is 9.55 Å². The lowest BCUT2D eigenvalue weighted by Gasteiger charge is -2.04. The first-order valence-electron chi connectivity index (χ1n) is 5.56. The smallest absolute Gasteiger partial charge is 0.178 e. The number of nitrogens with one attached hydrogen (secondary N) is 1. The number of H-pyrrole nitrogens is 1. The molecule has 5 heteroatoms. The lowest BCUT2D eigenvalue weighted by Crippen LogP contribution is -1.98. The van der Waals surface area contributed by atoms with E-state index in [4.69, 9.17) is 12.2 Å². The van der Waals surface area contributed by atoms with E-state index in [1.807, 2.05) is 0 Å². The maximum Gasteiger partial charge on any atom is 0.178 e. The van der Waals surface area contributed by atoms with Crippen LogP contribution in [0, 0.1) is 11.7 Å². The Balaban J connectivity index is 2.16. The van der Waals surface area contributed by atoms with Crippen LogP contribution in [-0.2, 0) is 6.54 Å². The number of halogens is 1. The Labute approximate surface area is 122 Å². The second kappa shape index (κ2) is 4.64. The van der Waals surface area contributed by atoms with E-state index in [1.165, 1.54) is 16.0 Å². The zero-order valence-electron chi connectivity index (χ0n) is 9.74. The number of benzene rings is 1. The first-order valence-corrected chi connectivity index (χ1v) is 7.64. The summed E-state index contributed by atoms with van der Waals surface area (Å²) in [6.45, 7) is 2.94. The van der Waals surface area contributed by atoms with Crippen molar-refractivity contribution < 1.29 is 0 Å². The second-order valence-electron chi connectivity index (χ2n) is 4.22. The predicted molar refractivity (Wildman–Crippen MR) is 83.0 cm³/mol. The highest BCUT2D eigenvalue weighted by Gasteiger charge is 2.08. The minimum Gasteiger partial charge on any atom is -0.331 e. The molecular formula is C13H11BrN2S2. The van der Waals surface area contributed by atoms with Crippen molar-refractivity contribution in [2.45, 2.75) is 13.5 Å². The number of hydrogen-bond donors (Lipinski definition) is 1. The van der Waals surface area contributed by atoms with Crippen LogP contribution >= 0.6 is 39.5 Å². The van der Waals surface area contributed by atoms with Crippen LogP contribution < -0.4 is 0 Å². The number of aromatic amines is 1. The Morgan fingerprint density at radius 3 is 3.00 bits per heavy atom. The van der Waals surface area contributed by atoms with Crippen molar-refractivity contribution in [2.75, 3.05) is 0 Å². The fraction of sp³-hybridized carbons (Fsp3) is 0.154. The van der Waals surface area contributed by atoms with Crippen LogP contribution in [0.2, 0.25) is 0 Å². The van der Waals surface area contributed by atoms with Gasteiger partial charge in [0, 0.05) is 14.7 Å². The Bertz CT molecular complexity index is 767. The molecule has 0 atom stereocenters. The van der Waals surface area contributed by atoms with E-state index in [2.05, 4.69) is 62.1 Å². The SMILES string of the molecule is Cc1cccc2[nH]c(=S)n(Cc3cc(Br)cs3)c12. The Hall–Kier alpha value is -0.910. The molecule has 0 aliphatic rings. The van der Waals surface area contributed by atoms with Crippen LogP contribution in [-0.4, -0.2) is 9.55 Å². The maximum absolute atomic E-state index is 5.42. The average molecular weight is 339 g/mol. The van der Waals surface area contributed by atoms with Gasteiger partial charge in [0.2, 0.25) is 0 Å². The summed E-state index contributed by atoms with van der Waals surface area (Å²) in [5, 5.41) is 2.10. The molecule has 1 N–H and O–H groups in total. The molecule has 1 aromatic carbocycles. The molecule has 0 fully saturated rings. The third kappa shape index (κ3) is 2.06. The zero-order valence-corrected chi connectivity index (χ0v) is 13.0. The van der Waals surface area contributed by atoms with Crippen molar-refractivity contribution in [2.24, 2.45) is 0 Å². The monoisotopic (exact) mass is 338 g/mol. The van der Waals surface area contributed by atoms with Crippen LogP contribution in [0.4, 0.5) is 0 Å². The summed E-state index contributed by atoms with van der Waals surface area (Å²) >= 11 is 10.6. The summed E-state index contributed by atoms with van der Waals surface area (Å²) in [6, 6.07) is 8.38. The number of nitrogens with zero attached hydrogens (tertiary/aromatic N) is 1. The Morgan fingerprint density at radius 2 is 2.28 bits per heavy atom. The van der Waals surface area contributed by atoms with E-state index in [0.29, 0.717) is 0 Å². The van der Waals surface area contributed by atoms with Crippen molar-refractivity contribution in [1.82, 2.24) is 9.55 Å². The molecule has 3 rings (SSSR count).